The van der Waals surface area contributed by atoms with Crippen LogP contribution in [0.4, 0.5) is 0 Å². The lowest BCUT2D eigenvalue weighted by atomic mass is 9.89. The molecule has 0 aromatic heterocycles. The lowest BCUT2D eigenvalue weighted by Gasteiger charge is -2.18. The fraction of sp³-hybridized carbons (Fsp3) is 0.727. The van der Waals surface area contributed by atoms with Crippen LogP contribution in [0.1, 0.15) is 46.0 Å². The Balaban J connectivity index is 0.000000671. The SMILES string of the molecule is C=COC(=O)C1CCCCC1.CC. The molecule has 0 amide bonds. The highest BCUT2D eigenvalue weighted by Gasteiger charge is 2.21. The summed E-state index contributed by atoms with van der Waals surface area (Å²) >= 11 is 0. The van der Waals surface area contributed by atoms with E-state index < -0.39 is 0 Å². The zero-order valence-electron chi connectivity index (χ0n) is 8.71. The summed E-state index contributed by atoms with van der Waals surface area (Å²) < 4.78 is 4.71. The van der Waals surface area contributed by atoms with E-state index >= 15 is 0 Å². The van der Waals surface area contributed by atoms with Gasteiger partial charge in [-0.1, -0.05) is 39.7 Å². The van der Waals surface area contributed by atoms with Gasteiger partial charge in [-0.05, 0) is 12.8 Å². The Morgan fingerprint density at radius 1 is 1.31 bits per heavy atom. The standard InChI is InChI=1S/C9H14O2.C2H6/c1-2-11-9(10)8-6-4-3-5-7-8;1-2/h2,8H,1,3-7H2;1-2H3. The minimum atomic E-state index is -0.0975. The average Bonchev–Trinajstić information content (AvgIpc) is 2.23. The van der Waals surface area contributed by atoms with Gasteiger partial charge in [0.2, 0.25) is 0 Å². The highest BCUT2D eigenvalue weighted by atomic mass is 16.5. The van der Waals surface area contributed by atoms with Gasteiger partial charge in [-0.3, -0.25) is 4.79 Å². The van der Waals surface area contributed by atoms with E-state index in [1.165, 1.54) is 12.7 Å². The van der Waals surface area contributed by atoms with Gasteiger partial charge in [0.15, 0.2) is 0 Å². The van der Waals surface area contributed by atoms with Crippen LogP contribution >= 0.6 is 0 Å². The maximum Gasteiger partial charge on any atom is 0.313 e. The summed E-state index contributed by atoms with van der Waals surface area (Å²) in [6.45, 7) is 7.35. The second kappa shape index (κ2) is 7.84. The van der Waals surface area contributed by atoms with Gasteiger partial charge >= 0.3 is 5.97 Å². The second-order valence-corrected chi connectivity index (χ2v) is 2.94. The van der Waals surface area contributed by atoms with Crippen molar-refractivity contribution in [2.75, 3.05) is 0 Å². The van der Waals surface area contributed by atoms with Gasteiger partial charge in [0.25, 0.3) is 0 Å². The first kappa shape index (κ1) is 12.2. The zero-order valence-corrected chi connectivity index (χ0v) is 8.71. The quantitative estimate of drug-likeness (QED) is 0.486. The van der Waals surface area contributed by atoms with Crippen molar-refractivity contribution in [3.05, 3.63) is 12.8 Å². The molecule has 1 saturated carbocycles. The van der Waals surface area contributed by atoms with Crippen molar-refractivity contribution >= 4 is 5.97 Å². The maximum atomic E-state index is 11.1. The summed E-state index contributed by atoms with van der Waals surface area (Å²) in [5, 5.41) is 0. The Morgan fingerprint density at radius 3 is 2.31 bits per heavy atom. The minimum Gasteiger partial charge on any atom is -0.435 e. The first-order valence-electron chi connectivity index (χ1n) is 5.16. The van der Waals surface area contributed by atoms with Crippen molar-refractivity contribution in [1.29, 1.82) is 0 Å². The predicted molar refractivity (Wildman–Crippen MR) is 54.2 cm³/mol. The summed E-state index contributed by atoms with van der Waals surface area (Å²) in [5.41, 5.74) is 0. The van der Waals surface area contributed by atoms with E-state index in [4.69, 9.17) is 4.74 Å². The Bertz CT molecular complexity index is 146. The predicted octanol–water partition coefficient (Wildman–Crippen LogP) is 3.28. The Morgan fingerprint density at radius 2 is 1.85 bits per heavy atom. The van der Waals surface area contributed by atoms with E-state index in [1.54, 1.807) is 0 Å². The number of hydrogen-bond acceptors (Lipinski definition) is 2. The number of hydrogen-bond donors (Lipinski definition) is 0. The van der Waals surface area contributed by atoms with Gasteiger partial charge in [-0.25, -0.2) is 0 Å². The molecule has 0 saturated heterocycles. The van der Waals surface area contributed by atoms with Crippen molar-refractivity contribution in [3.63, 3.8) is 0 Å². The van der Waals surface area contributed by atoms with Crippen LogP contribution in [0, 0.1) is 5.92 Å². The average molecular weight is 184 g/mol. The van der Waals surface area contributed by atoms with Crippen molar-refractivity contribution in [2.45, 2.75) is 46.0 Å². The molecule has 1 fully saturated rings. The molecule has 0 atom stereocenters. The molecule has 0 unspecified atom stereocenters. The Hall–Kier alpha value is -0.790. The molecular formula is C11H20O2. The zero-order chi connectivity index (χ0) is 10.1. The topological polar surface area (TPSA) is 26.3 Å². The van der Waals surface area contributed by atoms with Gasteiger partial charge in [0.05, 0.1) is 12.2 Å². The van der Waals surface area contributed by atoms with Crippen LogP contribution in [0.2, 0.25) is 0 Å². The van der Waals surface area contributed by atoms with Gasteiger partial charge in [0.1, 0.15) is 0 Å². The van der Waals surface area contributed by atoms with Crippen molar-refractivity contribution < 1.29 is 9.53 Å². The van der Waals surface area contributed by atoms with Crippen LogP contribution in [0.15, 0.2) is 12.8 Å². The fourth-order valence-electron chi connectivity index (χ4n) is 1.52. The third kappa shape index (κ3) is 4.71. The summed E-state index contributed by atoms with van der Waals surface area (Å²) in [7, 11) is 0. The van der Waals surface area contributed by atoms with Crippen LogP contribution in [0.5, 0.6) is 0 Å². The summed E-state index contributed by atoms with van der Waals surface area (Å²) in [6.07, 6.45) is 6.79. The maximum absolute atomic E-state index is 11.1. The van der Waals surface area contributed by atoms with Crippen LogP contribution in [0.25, 0.3) is 0 Å². The number of carbonyl (C=O) groups excluding carboxylic acids is 1. The third-order valence-corrected chi connectivity index (χ3v) is 2.14. The summed E-state index contributed by atoms with van der Waals surface area (Å²) in [5.74, 6) is 0.0430. The molecule has 1 aliphatic carbocycles. The highest BCUT2D eigenvalue weighted by molar-refractivity contribution is 5.72. The lowest BCUT2D eigenvalue weighted by Crippen LogP contribution is -2.18. The van der Waals surface area contributed by atoms with Gasteiger partial charge in [-0.15, -0.1) is 0 Å². The van der Waals surface area contributed by atoms with Gasteiger partial charge in [-0.2, -0.15) is 0 Å². The van der Waals surface area contributed by atoms with Crippen LogP contribution in [-0.2, 0) is 9.53 Å². The summed E-state index contributed by atoms with van der Waals surface area (Å²) in [6, 6.07) is 0. The van der Waals surface area contributed by atoms with E-state index in [2.05, 4.69) is 6.58 Å². The second-order valence-electron chi connectivity index (χ2n) is 2.94. The molecule has 0 radical (unpaired) electrons. The molecule has 13 heavy (non-hydrogen) atoms. The summed E-state index contributed by atoms with van der Waals surface area (Å²) in [4.78, 5) is 11.1. The lowest BCUT2D eigenvalue weighted by molar-refractivity contribution is -0.143. The molecule has 1 rings (SSSR count). The van der Waals surface area contributed by atoms with Crippen molar-refractivity contribution in [3.8, 4) is 0 Å². The van der Waals surface area contributed by atoms with E-state index in [9.17, 15) is 4.79 Å². The fourth-order valence-corrected chi connectivity index (χ4v) is 1.52. The number of esters is 1. The third-order valence-electron chi connectivity index (χ3n) is 2.14. The Labute approximate surface area is 81.0 Å². The molecule has 0 bridgehead atoms. The van der Waals surface area contributed by atoms with E-state index in [0.29, 0.717) is 0 Å². The molecule has 0 aliphatic heterocycles. The van der Waals surface area contributed by atoms with Gasteiger partial charge < -0.3 is 4.74 Å². The molecule has 0 aromatic carbocycles. The first-order valence-corrected chi connectivity index (χ1v) is 5.16. The van der Waals surface area contributed by atoms with Crippen molar-refractivity contribution in [1.82, 2.24) is 0 Å². The first-order chi connectivity index (χ1) is 6.34. The number of carbonyl (C=O) groups is 1. The normalized spacial score (nSPS) is 16.8. The smallest absolute Gasteiger partial charge is 0.313 e. The van der Waals surface area contributed by atoms with Crippen LogP contribution in [0.3, 0.4) is 0 Å². The largest absolute Gasteiger partial charge is 0.435 e. The van der Waals surface area contributed by atoms with Crippen molar-refractivity contribution in [2.24, 2.45) is 5.92 Å². The Kier molecular flexibility index (Phi) is 7.36. The van der Waals surface area contributed by atoms with Crippen LogP contribution in [-0.4, -0.2) is 5.97 Å². The molecule has 2 nitrogen and oxygen atoms in total. The monoisotopic (exact) mass is 184 g/mol. The molecule has 1 aliphatic rings. The van der Waals surface area contributed by atoms with E-state index in [-0.39, 0.29) is 11.9 Å². The molecule has 0 spiro atoms. The molecule has 0 N–H and O–H groups in total. The number of ether oxygens (including phenoxy) is 1. The number of rotatable bonds is 2. The molecule has 0 heterocycles. The molecular weight excluding hydrogens is 164 g/mol. The van der Waals surface area contributed by atoms with Gasteiger partial charge in [0, 0.05) is 0 Å². The van der Waals surface area contributed by atoms with E-state index in [1.807, 2.05) is 13.8 Å². The molecule has 76 valence electrons. The van der Waals surface area contributed by atoms with Crippen LogP contribution < -0.4 is 0 Å². The highest BCUT2D eigenvalue weighted by Crippen LogP contribution is 2.24. The van der Waals surface area contributed by atoms with E-state index in [0.717, 1.165) is 25.7 Å². The molecule has 2 heteroatoms. The minimum absolute atomic E-state index is 0.0975. The molecule has 0 aromatic rings.